The molecule has 3 rings (SSSR count). The van der Waals surface area contributed by atoms with Crippen LogP contribution in [0.2, 0.25) is 0 Å². The van der Waals surface area contributed by atoms with Gasteiger partial charge in [0, 0.05) is 5.56 Å². The molecule has 126 valence electrons. The number of aliphatic imine (C=N–C) groups is 1. The second-order valence-corrected chi connectivity index (χ2v) is 8.36. The summed E-state index contributed by atoms with van der Waals surface area (Å²) in [5.41, 5.74) is 12.7. The van der Waals surface area contributed by atoms with Gasteiger partial charge in [-0.1, -0.05) is 57.5 Å². The molecule has 0 amide bonds. The van der Waals surface area contributed by atoms with E-state index in [0.29, 0.717) is 5.84 Å². The van der Waals surface area contributed by atoms with Gasteiger partial charge in [0.1, 0.15) is 5.84 Å². The number of rotatable bonds is 2. The van der Waals surface area contributed by atoms with Gasteiger partial charge >= 0.3 is 0 Å². The molecule has 0 saturated heterocycles. The highest BCUT2D eigenvalue weighted by atomic mass is 14.9. The highest BCUT2D eigenvalue weighted by Crippen LogP contribution is 2.45. The van der Waals surface area contributed by atoms with E-state index >= 15 is 0 Å². The van der Waals surface area contributed by atoms with Crippen LogP contribution in [0.15, 0.2) is 47.5 Å². The second kappa shape index (κ2) is 5.77. The molecule has 1 aliphatic rings. The first-order valence-corrected chi connectivity index (χ1v) is 8.75. The molecule has 2 heteroatoms. The van der Waals surface area contributed by atoms with E-state index in [4.69, 9.17) is 5.73 Å². The van der Waals surface area contributed by atoms with Crippen LogP contribution in [0.3, 0.4) is 0 Å². The maximum absolute atomic E-state index is 6.30. The van der Waals surface area contributed by atoms with Crippen LogP contribution in [0, 0.1) is 6.92 Å². The minimum atomic E-state index is 0.186. The Labute approximate surface area is 145 Å². The van der Waals surface area contributed by atoms with E-state index in [2.05, 4.69) is 69.9 Å². The summed E-state index contributed by atoms with van der Waals surface area (Å²) in [6.07, 6.45) is 2.42. The fraction of sp³-hybridized carbons (Fsp3) is 0.409. The maximum Gasteiger partial charge on any atom is 0.131 e. The Kier molecular flexibility index (Phi) is 4.03. The Hall–Kier alpha value is -2.09. The average Bonchev–Trinajstić information content (AvgIpc) is 2.54. The molecule has 1 aliphatic carbocycles. The predicted octanol–water partition coefficient (Wildman–Crippen LogP) is 5.38. The third-order valence-electron chi connectivity index (χ3n) is 5.43. The van der Waals surface area contributed by atoms with Crippen molar-refractivity contribution < 1.29 is 0 Å². The lowest BCUT2D eigenvalue weighted by Gasteiger charge is -2.42. The van der Waals surface area contributed by atoms with Crippen LogP contribution in [0.4, 0.5) is 5.69 Å². The molecule has 2 aromatic carbocycles. The fourth-order valence-corrected chi connectivity index (χ4v) is 3.57. The second-order valence-electron chi connectivity index (χ2n) is 8.36. The minimum absolute atomic E-state index is 0.186. The first-order valence-electron chi connectivity index (χ1n) is 8.75. The van der Waals surface area contributed by atoms with Gasteiger partial charge in [-0.25, -0.2) is 4.99 Å². The van der Waals surface area contributed by atoms with Crippen molar-refractivity contribution in [3.05, 3.63) is 64.7 Å². The van der Waals surface area contributed by atoms with Gasteiger partial charge in [0.15, 0.2) is 0 Å². The lowest BCUT2D eigenvalue weighted by atomic mass is 9.63. The van der Waals surface area contributed by atoms with E-state index in [1.165, 1.54) is 29.5 Å². The normalized spacial score (nSPS) is 19.0. The van der Waals surface area contributed by atoms with Crippen LogP contribution in [0.25, 0.3) is 0 Å². The Morgan fingerprint density at radius 3 is 2.08 bits per heavy atom. The number of aryl methyl sites for hydroxylation is 1. The van der Waals surface area contributed by atoms with Crippen LogP contribution in [-0.4, -0.2) is 5.84 Å². The van der Waals surface area contributed by atoms with Crippen LogP contribution in [0.1, 0.15) is 62.8 Å². The van der Waals surface area contributed by atoms with Crippen LogP contribution in [-0.2, 0) is 10.8 Å². The maximum atomic E-state index is 6.30. The topological polar surface area (TPSA) is 38.4 Å². The number of nitrogens with two attached hydrogens (primary N) is 1. The number of amidine groups is 1. The van der Waals surface area contributed by atoms with Gasteiger partial charge in [0.2, 0.25) is 0 Å². The molecule has 0 radical (unpaired) electrons. The van der Waals surface area contributed by atoms with Crippen molar-refractivity contribution in [2.24, 2.45) is 10.7 Å². The van der Waals surface area contributed by atoms with Crippen molar-refractivity contribution in [2.45, 2.75) is 58.3 Å². The van der Waals surface area contributed by atoms with Crippen molar-refractivity contribution in [2.75, 3.05) is 0 Å². The van der Waals surface area contributed by atoms with Crippen LogP contribution in [0.5, 0.6) is 0 Å². The third kappa shape index (κ3) is 3.10. The number of nitrogens with zero attached hydrogens (tertiary/aromatic N) is 1. The number of hydrogen-bond donors (Lipinski definition) is 1. The minimum Gasteiger partial charge on any atom is -0.383 e. The highest BCUT2D eigenvalue weighted by molar-refractivity contribution is 5.99. The molecule has 2 aromatic rings. The summed E-state index contributed by atoms with van der Waals surface area (Å²) in [7, 11) is 0. The highest BCUT2D eigenvalue weighted by Gasteiger charge is 2.37. The quantitative estimate of drug-likeness (QED) is 0.585. The van der Waals surface area contributed by atoms with Crippen LogP contribution < -0.4 is 5.73 Å². The van der Waals surface area contributed by atoms with E-state index in [9.17, 15) is 0 Å². The van der Waals surface area contributed by atoms with Crippen molar-refractivity contribution in [3.8, 4) is 0 Å². The number of fused-ring (bicyclic) bond motifs is 1. The summed E-state index contributed by atoms with van der Waals surface area (Å²) in [6.45, 7) is 11.4. The van der Waals surface area contributed by atoms with Gasteiger partial charge in [-0.05, 0) is 59.9 Å². The molecule has 0 bridgehead atoms. The van der Waals surface area contributed by atoms with Gasteiger partial charge in [0.25, 0.3) is 0 Å². The standard InChI is InChI=1S/C22H28N2/c1-15-6-9-17(10-7-15)24-20(23)16-8-11-18-19(14-16)22(4,5)13-12-21(18,2)3/h6-11,14H,12-13H2,1-5H3,(H2,23,24). The lowest BCUT2D eigenvalue weighted by Crippen LogP contribution is -2.34. The molecule has 0 aliphatic heterocycles. The number of benzene rings is 2. The zero-order valence-corrected chi connectivity index (χ0v) is 15.5. The molecular formula is C22H28N2. The summed E-state index contributed by atoms with van der Waals surface area (Å²) in [4.78, 5) is 4.60. The van der Waals surface area contributed by atoms with Gasteiger partial charge in [-0.15, -0.1) is 0 Å². The molecule has 2 N–H and O–H groups in total. The SMILES string of the molecule is Cc1ccc(N=C(N)c2ccc3c(c2)C(C)(C)CCC3(C)C)cc1. The summed E-state index contributed by atoms with van der Waals surface area (Å²) in [6, 6.07) is 14.8. The summed E-state index contributed by atoms with van der Waals surface area (Å²) in [5, 5.41) is 0. The molecule has 0 spiro atoms. The van der Waals surface area contributed by atoms with Crippen molar-refractivity contribution >= 4 is 11.5 Å². The summed E-state index contributed by atoms with van der Waals surface area (Å²) < 4.78 is 0. The van der Waals surface area contributed by atoms with E-state index < -0.39 is 0 Å². The van der Waals surface area contributed by atoms with Gasteiger partial charge in [-0.2, -0.15) is 0 Å². The van der Waals surface area contributed by atoms with Crippen molar-refractivity contribution in [1.29, 1.82) is 0 Å². The van der Waals surface area contributed by atoms with E-state index in [-0.39, 0.29) is 10.8 Å². The lowest BCUT2D eigenvalue weighted by molar-refractivity contribution is 0.332. The molecule has 0 aromatic heterocycles. The zero-order chi connectivity index (χ0) is 17.5. The van der Waals surface area contributed by atoms with Crippen molar-refractivity contribution in [3.63, 3.8) is 0 Å². The molecule has 0 atom stereocenters. The van der Waals surface area contributed by atoms with Gasteiger partial charge in [-0.3, -0.25) is 0 Å². The molecular weight excluding hydrogens is 292 g/mol. The fourth-order valence-electron chi connectivity index (χ4n) is 3.57. The molecule has 2 nitrogen and oxygen atoms in total. The van der Waals surface area contributed by atoms with Gasteiger partial charge in [0.05, 0.1) is 5.69 Å². The Balaban J connectivity index is 2.03. The Morgan fingerprint density at radius 2 is 1.46 bits per heavy atom. The van der Waals surface area contributed by atoms with E-state index in [1.54, 1.807) is 0 Å². The molecule has 0 saturated carbocycles. The Bertz CT molecular complexity index is 780. The number of hydrogen-bond acceptors (Lipinski definition) is 1. The molecule has 0 fully saturated rings. The molecule has 0 unspecified atom stereocenters. The average molecular weight is 320 g/mol. The van der Waals surface area contributed by atoms with Gasteiger partial charge < -0.3 is 5.73 Å². The monoisotopic (exact) mass is 320 g/mol. The largest absolute Gasteiger partial charge is 0.383 e. The summed E-state index contributed by atoms with van der Waals surface area (Å²) >= 11 is 0. The molecule has 24 heavy (non-hydrogen) atoms. The van der Waals surface area contributed by atoms with Crippen molar-refractivity contribution in [1.82, 2.24) is 0 Å². The first-order chi connectivity index (χ1) is 11.2. The first kappa shape index (κ1) is 16.8. The third-order valence-corrected chi connectivity index (χ3v) is 5.43. The van der Waals surface area contributed by atoms with E-state index in [1.807, 2.05) is 12.1 Å². The molecule has 0 heterocycles. The smallest absolute Gasteiger partial charge is 0.131 e. The Morgan fingerprint density at radius 1 is 0.875 bits per heavy atom. The summed E-state index contributed by atoms with van der Waals surface area (Å²) in [5.74, 6) is 0.584. The zero-order valence-electron chi connectivity index (χ0n) is 15.5. The van der Waals surface area contributed by atoms with E-state index in [0.717, 1.165) is 11.3 Å². The predicted molar refractivity (Wildman–Crippen MR) is 103 cm³/mol. The van der Waals surface area contributed by atoms with Crippen LogP contribution >= 0.6 is 0 Å².